The molecule has 0 saturated carbocycles. The number of hydrogen-bond acceptors (Lipinski definition) is 5. The Kier molecular flexibility index (Phi) is 5.91. The number of carbonyl (C=O) groups is 2. The molecule has 0 aliphatic heterocycles. The molecular formula is C2H3NO2S4. The molecule has 0 aliphatic carbocycles. The third-order valence-corrected chi connectivity index (χ3v) is 1.82. The van der Waals surface area contributed by atoms with Crippen LogP contribution in [0.1, 0.15) is 0 Å². The first-order chi connectivity index (χ1) is 4.13. The first-order valence-electron chi connectivity index (χ1n) is 1.67. The van der Waals surface area contributed by atoms with Gasteiger partial charge in [0.1, 0.15) is 0 Å². The van der Waals surface area contributed by atoms with E-state index >= 15 is 0 Å². The zero-order valence-electron chi connectivity index (χ0n) is 4.03. The summed E-state index contributed by atoms with van der Waals surface area (Å²) in [6.45, 7) is 0. The van der Waals surface area contributed by atoms with Crippen LogP contribution in [-0.2, 0) is 0 Å². The summed E-state index contributed by atoms with van der Waals surface area (Å²) in [6.07, 6.45) is 0. The quantitative estimate of drug-likeness (QED) is 0.471. The van der Waals surface area contributed by atoms with Crippen LogP contribution in [0.2, 0.25) is 0 Å². The summed E-state index contributed by atoms with van der Waals surface area (Å²) in [5.41, 5.74) is 0. The lowest BCUT2D eigenvalue weighted by atomic mass is 11.8. The molecule has 0 fully saturated rings. The number of rotatable bonds is 2. The SMILES string of the molecule is O=C(S)SNSC(=O)S. The molecule has 0 aromatic heterocycles. The lowest BCUT2D eigenvalue weighted by Crippen LogP contribution is -1.93. The second-order valence-corrected chi connectivity index (χ2v) is 4.05. The van der Waals surface area contributed by atoms with Crippen molar-refractivity contribution in [2.75, 3.05) is 0 Å². The van der Waals surface area contributed by atoms with Crippen molar-refractivity contribution in [2.24, 2.45) is 0 Å². The van der Waals surface area contributed by atoms with Crippen LogP contribution < -0.4 is 4.13 Å². The average Bonchev–Trinajstić information content (AvgIpc) is 1.63. The molecule has 0 amide bonds. The number of nitrogens with one attached hydrogen (secondary N) is 1. The van der Waals surface area contributed by atoms with Gasteiger partial charge >= 0.3 is 0 Å². The monoisotopic (exact) mass is 201 g/mol. The molecule has 52 valence electrons. The van der Waals surface area contributed by atoms with E-state index in [1.165, 1.54) is 0 Å². The molecule has 7 heteroatoms. The van der Waals surface area contributed by atoms with Crippen LogP contribution in [0.3, 0.4) is 0 Å². The highest BCUT2D eigenvalue weighted by Crippen LogP contribution is 2.10. The van der Waals surface area contributed by atoms with Gasteiger partial charge in [0.2, 0.25) is 0 Å². The molecule has 0 aromatic carbocycles. The molecule has 0 atom stereocenters. The summed E-state index contributed by atoms with van der Waals surface area (Å²) < 4.78 is 1.58. The Bertz CT molecular complexity index is 112. The van der Waals surface area contributed by atoms with E-state index in [1.54, 1.807) is 0 Å². The molecule has 0 spiro atoms. The normalized spacial score (nSPS) is 9.11. The van der Waals surface area contributed by atoms with Crippen LogP contribution in [0.4, 0.5) is 9.59 Å². The van der Waals surface area contributed by atoms with Gasteiger partial charge in [-0.1, -0.05) is 25.3 Å². The lowest BCUT2D eigenvalue weighted by Gasteiger charge is -1.91. The molecule has 0 aliphatic rings. The summed E-state index contributed by atoms with van der Waals surface area (Å²) in [4.78, 5) is 20.1. The molecule has 0 bridgehead atoms. The van der Waals surface area contributed by atoms with E-state index in [4.69, 9.17) is 0 Å². The van der Waals surface area contributed by atoms with E-state index in [1.807, 2.05) is 0 Å². The van der Waals surface area contributed by atoms with Gasteiger partial charge in [-0.15, -0.1) is 0 Å². The highest BCUT2D eigenvalue weighted by Gasteiger charge is 1.96. The molecule has 0 rings (SSSR count). The Morgan fingerprint density at radius 3 is 1.67 bits per heavy atom. The van der Waals surface area contributed by atoms with Gasteiger partial charge in [0.25, 0.3) is 8.89 Å². The van der Waals surface area contributed by atoms with Crippen LogP contribution in [0.25, 0.3) is 0 Å². The summed E-state index contributed by atoms with van der Waals surface area (Å²) in [5.74, 6) is 0. The summed E-state index contributed by atoms with van der Waals surface area (Å²) in [7, 11) is 0. The maximum absolute atomic E-state index is 10.0. The lowest BCUT2D eigenvalue weighted by molar-refractivity contribution is 0.276. The van der Waals surface area contributed by atoms with Crippen molar-refractivity contribution in [3.05, 3.63) is 0 Å². The number of thiol groups is 2. The molecule has 0 saturated heterocycles. The molecular weight excluding hydrogens is 198 g/mol. The van der Waals surface area contributed by atoms with Gasteiger partial charge in [0, 0.05) is 23.9 Å². The van der Waals surface area contributed by atoms with Crippen molar-refractivity contribution in [3.8, 4) is 0 Å². The highest BCUT2D eigenvalue weighted by atomic mass is 32.2. The fraction of sp³-hybridized carbons (Fsp3) is 0. The largest absolute Gasteiger partial charge is 0.273 e. The molecule has 3 nitrogen and oxygen atoms in total. The van der Waals surface area contributed by atoms with Crippen LogP contribution in [0.15, 0.2) is 0 Å². The van der Waals surface area contributed by atoms with Crippen molar-refractivity contribution >= 4 is 58.0 Å². The summed E-state index contributed by atoms with van der Waals surface area (Å²) >= 11 is 8.28. The minimum Gasteiger partial charge on any atom is -0.273 e. The standard InChI is InChI=1S/C2H3NO2S4/c4-1(6)8-3-9-2(5)7/h3H,(H,4,6)(H,5,7). The zero-order chi connectivity index (χ0) is 7.28. The fourth-order valence-electron chi connectivity index (χ4n) is 0.0921. The summed E-state index contributed by atoms with van der Waals surface area (Å²) in [5, 5.41) is 0. The van der Waals surface area contributed by atoms with E-state index in [2.05, 4.69) is 29.4 Å². The Morgan fingerprint density at radius 1 is 1.11 bits per heavy atom. The van der Waals surface area contributed by atoms with Gasteiger partial charge in [0.15, 0.2) is 0 Å². The molecule has 0 aromatic rings. The first-order valence-corrected chi connectivity index (χ1v) is 4.20. The smallest absolute Gasteiger partial charge is 0.258 e. The van der Waals surface area contributed by atoms with E-state index in [0.717, 1.165) is 23.9 Å². The Balaban J connectivity index is 3.10. The van der Waals surface area contributed by atoms with Crippen LogP contribution in [-0.4, -0.2) is 8.89 Å². The maximum Gasteiger partial charge on any atom is 0.258 e. The Morgan fingerprint density at radius 2 is 1.44 bits per heavy atom. The van der Waals surface area contributed by atoms with E-state index in [0.29, 0.717) is 0 Å². The number of hydrogen-bond donors (Lipinski definition) is 3. The van der Waals surface area contributed by atoms with Gasteiger partial charge < -0.3 is 0 Å². The molecule has 9 heavy (non-hydrogen) atoms. The summed E-state index contributed by atoms with van der Waals surface area (Å²) in [6, 6.07) is 0. The first kappa shape index (κ1) is 9.70. The topological polar surface area (TPSA) is 46.2 Å². The Hall–Kier alpha value is 0.700. The van der Waals surface area contributed by atoms with Crippen molar-refractivity contribution in [2.45, 2.75) is 0 Å². The molecule has 0 radical (unpaired) electrons. The van der Waals surface area contributed by atoms with Crippen molar-refractivity contribution in [3.63, 3.8) is 0 Å². The maximum atomic E-state index is 10.0. The predicted molar refractivity (Wildman–Crippen MR) is 47.1 cm³/mol. The second kappa shape index (κ2) is 5.48. The van der Waals surface area contributed by atoms with E-state index in [9.17, 15) is 9.59 Å². The third kappa shape index (κ3) is 8.70. The molecule has 0 unspecified atom stereocenters. The minimum absolute atomic E-state index is 0.392. The van der Waals surface area contributed by atoms with Crippen LogP contribution in [0.5, 0.6) is 0 Å². The van der Waals surface area contributed by atoms with E-state index in [-0.39, 0.29) is 0 Å². The van der Waals surface area contributed by atoms with Gasteiger partial charge in [-0.25, -0.2) is 0 Å². The predicted octanol–water partition coefficient (Wildman–Crippen LogP) is 1.97. The van der Waals surface area contributed by atoms with Gasteiger partial charge in [-0.2, -0.15) is 4.13 Å². The van der Waals surface area contributed by atoms with Crippen molar-refractivity contribution < 1.29 is 9.59 Å². The molecule has 1 N–H and O–H groups in total. The average molecular weight is 201 g/mol. The fourth-order valence-corrected chi connectivity index (χ4v) is 1.50. The minimum atomic E-state index is -0.392. The van der Waals surface area contributed by atoms with Gasteiger partial charge in [0.05, 0.1) is 0 Å². The highest BCUT2D eigenvalue weighted by molar-refractivity contribution is 8.40. The zero-order valence-corrected chi connectivity index (χ0v) is 7.45. The Labute approximate surface area is 71.8 Å². The third-order valence-electron chi connectivity index (χ3n) is 0.258. The van der Waals surface area contributed by atoms with Crippen LogP contribution in [0, 0.1) is 0 Å². The van der Waals surface area contributed by atoms with Crippen molar-refractivity contribution in [1.82, 2.24) is 4.13 Å². The van der Waals surface area contributed by atoms with Gasteiger partial charge in [-0.05, 0) is 0 Å². The second-order valence-electron chi connectivity index (χ2n) is 0.819. The van der Waals surface area contributed by atoms with Crippen molar-refractivity contribution in [1.29, 1.82) is 0 Å². The van der Waals surface area contributed by atoms with E-state index < -0.39 is 8.89 Å². The number of carbonyl (C=O) groups excluding carboxylic acids is 2. The molecule has 0 heterocycles. The van der Waals surface area contributed by atoms with Crippen LogP contribution >= 0.6 is 49.2 Å². The van der Waals surface area contributed by atoms with Gasteiger partial charge in [-0.3, -0.25) is 9.59 Å².